The van der Waals surface area contributed by atoms with Gasteiger partial charge in [0.15, 0.2) is 0 Å². The highest BCUT2D eigenvalue weighted by atomic mass is 19.1. The molecular formula is C11H16FN. The molecule has 0 heterocycles. The van der Waals surface area contributed by atoms with Crippen molar-refractivity contribution in [2.75, 3.05) is 25.7 Å². The molecule has 0 aliphatic heterocycles. The maximum Gasteiger partial charge on any atom is 0.0897 e. The zero-order chi connectivity index (χ0) is 9.68. The Labute approximate surface area is 79.2 Å². The predicted molar refractivity (Wildman–Crippen MR) is 55.1 cm³/mol. The SMILES string of the molecule is CN(C)c1ccc(CCCF)cc1. The monoisotopic (exact) mass is 181 g/mol. The van der Waals surface area contributed by atoms with Crippen LogP contribution in [0.4, 0.5) is 10.1 Å². The molecule has 1 rings (SSSR count). The average molecular weight is 181 g/mol. The fraction of sp³-hybridized carbons (Fsp3) is 0.455. The van der Waals surface area contributed by atoms with E-state index in [1.54, 1.807) is 0 Å². The average Bonchev–Trinajstić information content (AvgIpc) is 2.15. The first-order valence-electron chi connectivity index (χ1n) is 4.56. The molecule has 0 aromatic heterocycles. The van der Waals surface area contributed by atoms with E-state index in [0.29, 0.717) is 6.42 Å². The minimum Gasteiger partial charge on any atom is -0.378 e. The van der Waals surface area contributed by atoms with Gasteiger partial charge in [-0.2, -0.15) is 0 Å². The summed E-state index contributed by atoms with van der Waals surface area (Å²) in [6.07, 6.45) is 1.46. The summed E-state index contributed by atoms with van der Waals surface area (Å²) in [7, 11) is 4.02. The minimum atomic E-state index is -0.227. The van der Waals surface area contributed by atoms with Crippen LogP contribution in [0, 0.1) is 0 Å². The second-order valence-corrected chi connectivity index (χ2v) is 3.35. The summed E-state index contributed by atoms with van der Waals surface area (Å²) in [5, 5.41) is 0. The fourth-order valence-electron chi connectivity index (χ4n) is 1.23. The lowest BCUT2D eigenvalue weighted by atomic mass is 10.1. The molecule has 13 heavy (non-hydrogen) atoms. The van der Waals surface area contributed by atoms with Gasteiger partial charge in [-0.25, -0.2) is 0 Å². The van der Waals surface area contributed by atoms with Crippen molar-refractivity contribution in [1.82, 2.24) is 0 Å². The molecule has 0 fully saturated rings. The number of hydrogen-bond donors (Lipinski definition) is 0. The van der Waals surface area contributed by atoms with Crippen molar-refractivity contribution in [3.05, 3.63) is 29.8 Å². The lowest BCUT2D eigenvalue weighted by Gasteiger charge is -2.12. The Kier molecular flexibility index (Phi) is 3.74. The molecule has 1 aromatic carbocycles. The standard InChI is InChI=1S/C11H16FN/c1-13(2)11-7-5-10(6-8-11)4-3-9-12/h5-8H,3-4,9H2,1-2H3. The van der Waals surface area contributed by atoms with Gasteiger partial charge >= 0.3 is 0 Å². The summed E-state index contributed by atoms with van der Waals surface area (Å²) in [6.45, 7) is -0.227. The molecule has 0 saturated carbocycles. The molecule has 1 aromatic rings. The third-order valence-electron chi connectivity index (χ3n) is 2.05. The maximum absolute atomic E-state index is 11.9. The van der Waals surface area contributed by atoms with Crippen LogP contribution in [0.5, 0.6) is 0 Å². The summed E-state index contributed by atoms with van der Waals surface area (Å²) in [6, 6.07) is 8.25. The van der Waals surface area contributed by atoms with Crippen molar-refractivity contribution in [2.24, 2.45) is 0 Å². The zero-order valence-corrected chi connectivity index (χ0v) is 8.26. The van der Waals surface area contributed by atoms with Crippen LogP contribution in [0.1, 0.15) is 12.0 Å². The molecule has 0 unspecified atom stereocenters. The van der Waals surface area contributed by atoms with Crippen LogP contribution in [0.3, 0.4) is 0 Å². The van der Waals surface area contributed by atoms with Gasteiger partial charge in [-0.3, -0.25) is 4.39 Å². The van der Waals surface area contributed by atoms with E-state index >= 15 is 0 Å². The van der Waals surface area contributed by atoms with Crippen molar-refractivity contribution in [3.8, 4) is 0 Å². The second kappa shape index (κ2) is 4.85. The summed E-state index contributed by atoms with van der Waals surface area (Å²) >= 11 is 0. The lowest BCUT2D eigenvalue weighted by Crippen LogP contribution is -2.08. The topological polar surface area (TPSA) is 3.24 Å². The molecule has 72 valence electrons. The Balaban J connectivity index is 2.59. The van der Waals surface area contributed by atoms with E-state index in [1.807, 2.05) is 14.1 Å². The Morgan fingerprint density at radius 3 is 2.23 bits per heavy atom. The van der Waals surface area contributed by atoms with E-state index in [0.717, 1.165) is 6.42 Å². The van der Waals surface area contributed by atoms with Gasteiger partial charge in [0.05, 0.1) is 6.67 Å². The second-order valence-electron chi connectivity index (χ2n) is 3.35. The summed E-state index contributed by atoms with van der Waals surface area (Å²) in [5.41, 5.74) is 2.40. The molecule has 0 aliphatic rings. The number of nitrogens with zero attached hydrogens (tertiary/aromatic N) is 1. The van der Waals surface area contributed by atoms with Gasteiger partial charge in [0.25, 0.3) is 0 Å². The van der Waals surface area contributed by atoms with Crippen molar-refractivity contribution in [1.29, 1.82) is 0 Å². The summed E-state index contributed by atoms with van der Waals surface area (Å²) in [5.74, 6) is 0. The fourth-order valence-corrected chi connectivity index (χ4v) is 1.23. The number of hydrogen-bond acceptors (Lipinski definition) is 1. The number of anilines is 1. The van der Waals surface area contributed by atoms with E-state index in [1.165, 1.54) is 11.3 Å². The van der Waals surface area contributed by atoms with Crippen LogP contribution < -0.4 is 4.90 Å². The number of halogens is 1. The molecule has 0 bridgehead atoms. The van der Waals surface area contributed by atoms with Gasteiger partial charge in [-0.1, -0.05) is 12.1 Å². The largest absolute Gasteiger partial charge is 0.378 e. The van der Waals surface area contributed by atoms with Crippen LogP contribution in [-0.4, -0.2) is 20.8 Å². The van der Waals surface area contributed by atoms with Gasteiger partial charge in [0.1, 0.15) is 0 Å². The Morgan fingerprint density at radius 1 is 1.15 bits per heavy atom. The maximum atomic E-state index is 11.9. The molecule has 1 nitrogen and oxygen atoms in total. The van der Waals surface area contributed by atoms with Gasteiger partial charge < -0.3 is 4.90 Å². The minimum absolute atomic E-state index is 0.227. The highest BCUT2D eigenvalue weighted by Crippen LogP contribution is 2.13. The third kappa shape index (κ3) is 3.05. The van der Waals surface area contributed by atoms with Crippen LogP contribution >= 0.6 is 0 Å². The van der Waals surface area contributed by atoms with E-state index < -0.39 is 0 Å². The lowest BCUT2D eigenvalue weighted by molar-refractivity contribution is 0.473. The number of aryl methyl sites for hydroxylation is 1. The Bertz CT molecular complexity index is 241. The summed E-state index contributed by atoms with van der Waals surface area (Å²) < 4.78 is 11.9. The first-order chi connectivity index (χ1) is 6.24. The molecule has 0 N–H and O–H groups in total. The molecule has 0 amide bonds. The van der Waals surface area contributed by atoms with Crippen molar-refractivity contribution < 1.29 is 4.39 Å². The van der Waals surface area contributed by atoms with Gasteiger partial charge in [0, 0.05) is 19.8 Å². The smallest absolute Gasteiger partial charge is 0.0897 e. The molecule has 0 aliphatic carbocycles. The Morgan fingerprint density at radius 2 is 1.77 bits per heavy atom. The zero-order valence-electron chi connectivity index (χ0n) is 8.26. The predicted octanol–water partition coefficient (Wildman–Crippen LogP) is 2.65. The van der Waals surface area contributed by atoms with Crippen molar-refractivity contribution >= 4 is 5.69 Å². The van der Waals surface area contributed by atoms with Crippen LogP contribution in [-0.2, 0) is 6.42 Å². The number of alkyl halides is 1. The van der Waals surface area contributed by atoms with Gasteiger partial charge in [-0.05, 0) is 30.5 Å². The highest BCUT2D eigenvalue weighted by molar-refractivity contribution is 5.45. The molecule has 0 radical (unpaired) electrons. The number of benzene rings is 1. The van der Waals surface area contributed by atoms with Gasteiger partial charge in [0.2, 0.25) is 0 Å². The van der Waals surface area contributed by atoms with E-state index in [-0.39, 0.29) is 6.67 Å². The molecule has 0 spiro atoms. The molecule has 0 atom stereocenters. The van der Waals surface area contributed by atoms with Crippen LogP contribution in [0.2, 0.25) is 0 Å². The molecule has 0 saturated heterocycles. The van der Waals surface area contributed by atoms with E-state index in [4.69, 9.17) is 0 Å². The third-order valence-corrected chi connectivity index (χ3v) is 2.05. The normalized spacial score (nSPS) is 10.1. The molecule has 2 heteroatoms. The highest BCUT2D eigenvalue weighted by Gasteiger charge is 1.95. The van der Waals surface area contributed by atoms with E-state index in [9.17, 15) is 4.39 Å². The first kappa shape index (κ1) is 10.0. The van der Waals surface area contributed by atoms with Crippen LogP contribution in [0.15, 0.2) is 24.3 Å². The Hall–Kier alpha value is -1.05. The summed E-state index contributed by atoms with van der Waals surface area (Å²) in [4.78, 5) is 2.05. The number of rotatable bonds is 4. The van der Waals surface area contributed by atoms with E-state index in [2.05, 4.69) is 29.2 Å². The quantitative estimate of drug-likeness (QED) is 0.690. The first-order valence-corrected chi connectivity index (χ1v) is 4.56. The van der Waals surface area contributed by atoms with Crippen molar-refractivity contribution in [3.63, 3.8) is 0 Å². The van der Waals surface area contributed by atoms with Gasteiger partial charge in [-0.15, -0.1) is 0 Å². The van der Waals surface area contributed by atoms with Crippen LogP contribution in [0.25, 0.3) is 0 Å². The van der Waals surface area contributed by atoms with Crippen molar-refractivity contribution in [2.45, 2.75) is 12.8 Å². The molecular weight excluding hydrogens is 165 g/mol.